The maximum Gasteiger partial charge on any atom is 0.342 e. The number of amides is 1. The molecule has 1 heterocycles. The number of thiophene rings is 1. The molecular formula is C23H26FNO5S. The maximum absolute atomic E-state index is 13.4. The van der Waals surface area contributed by atoms with Crippen LogP contribution in [0.25, 0.3) is 11.1 Å². The molecular weight excluding hydrogens is 421 g/mol. The Morgan fingerprint density at radius 2 is 1.74 bits per heavy atom. The van der Waals surface area contributed by atoms with Gasteiger partial charge in [-0.1, -0.05) is 25.0 Å². The summed E-state index contributed by atoms with van der Waals surface area (Å²) in [5.41, 5.74) is 1.41. The molecule has 1 aromatic carbocycles. The quantitative estimate of drug-likeness (QED) is 0.590. The van der Waals surface area contributed by atoms with Gasteiger partial charge in [0.1, 0.15) is 16.4 Å². The van der Waals surface area contributed by atoms with Crippen LogP contribution in [0.5, 0.6) is 0 Å². The molecule has 6 nitrogen and oxygen atoms in total. The molecule has 166 valence electrons. The van der Waals surface area contributed by atoms with Gasteiger partial charge in [0.15, 0.2) is 0 Å². The highest BCUT2D eigenvalue weighted by atomic mass is 32.1. The smallest absolute Gasteiger partial charge is 0.342 e. The number of nitrogens with one attached hydrogen (secondary N) is 1. The molecule has 0 unspecified atom stereocenters. The van der Waals surface area contributed by atoms with Gasteiger partial charge < -0.3 is 15.2 Å². The number of halogens is 1. The molecule has 8 heteroatoms. The molecule has 1 aliphatic rings. The lowest BCUT2D eigenvalue weighted by molar-refractivity contribution is -0.147. The molecule has 31 heavy (non-hydrogen) atoms. The van der Waals surface area contributed by atoms with E-state index in [2.05, 4.69) is 5.32 Å². The van der Waals surface area contributed by atoms with Crippen LogP contribution in [0.1, 0.15) is 54.8 Å². The number of anilines is 1. The number of carbonyl (C=O) groups is 3. The second-order valence-electron chi connectivity index (χ2n) is 8.02. The Labute approximate surface area is 184 Å². The van der Waals surface area contributed by atoms with Crippen molar-refractivity contribution in [3.8, 4) is 11.1 Å². The number of aryl methyl sites for hydroxylation is 1. The highest BCUT2D eigenvalue weighted by Crippen LogP contribution is 2.41. The average molecular weight is 448 g/mol. The van der Waals surface area contributed by atoms with E-state index in [1.807, 2.05) is 6.92 Å². The number of hydrogen-bond acceptors (Lipinski definition) is 5. The molecule has 2 aromatic rings. The zero-order chi connectivity index (χ0) is 22.7. The molecule has 0 saturated heterocycles. The molecule has 0 aliphatic heterocycles. The van der Waals surface area contributed by atoms with E-state index in [4.69, 9.17) is 4.74 Å². The van der Waals surface area contributed by atoms with E-state index in [9.17, 15) is 23.9 Å². The van der Waals surface area contributed by atoms with Gasteiger partial charge in [0, 0.05) is 10.4 Å². The summed E-state index contributed by atoms with van der Waals surface area (Å²) >= 11 is 1.22. The van der Waals surface area contributed by atoms with Crippen molar-refractivity contribution in [2.45, 2.75) is 52.6 Å². The van der Waals surface area contributed by atoms with Crippen molar-refractivity contribution < 1.29 is 28.6 Å². The second kappa shape index (κ2) is 9.60. The number of carboxylic acids is 1. The molecule has 1 aromatic heterocycles. The number of aliphatic carboxylic acids is 1. The zero-order valence-corrected chi connectivity index (χ0v) is 18.6. The molecule has 0 bridgehead atoms. The molecule has 1 aliphatic carbocycles. The summed E-state index contributed by atoms with van der Waals surface area (Å²) in [5.74, 6) is -3.76. The molecule has 2 atom stereocenters. The lowest BCUT2D eigenvalue weighted by Gasteiger charge is -2.27. The van der Waals surface area contributed by atoms with Crippen molar-refractivity contribution in [1.29, 1.82) is 0 Å². The van der Waals surface area contributed by atoms with Crippen LogP contribution in [-0.4, -0.2) is 29.1 Å². The van der Waals surface area contributed by atoms with Crippen molar-refractivity contribution in [2.24, 2.45) is 11.8 Å². The van der Waals surface area contributed by atoms with Crippen molar-refractivity contribution in [3.63, 3.8) is 0 Å². The first-order valence-electron chi connectivity index (χ1n) is 10.3. The minimum atomic E-state index is -0.978. The monoisotopic (exact) mass is 447 g/mol. The second-order valence-corrected chi connectivity index (χ2v) is 9.25. The number of carbonyl (C=O) groups excluding carboxylic acids is 2. The van der Waals surface area contributed by atoms with Gasteiger partial charge in [-0.15, -0.1) is 11.3 Å². The van der Waals surface area contributed by atoms with Gasteiger partial charge >= 0.3 is 11.9 Å². The zero-order valence-electron chi connectivity index (χ0n) is 17.7. The fraction of sp³-hybridized carbons (Fsp3) is 0.435. The minimum absolute atomic E-state index is 0.207. The maximum atomic E-state index is 13.4. The summed E-state index contributed by atoms with van der Waals surface area (Å²) in [5, 5.41) is 12.6. The van der Waals surface area contributed by atoms with Crippen LogP contribution in [0, 0.1) is 24.6 Å². The fourth-order valence-electron chi connectivity index (χ4n) is 4.01. The first-order valence-corrected chi connectivity index (χ1v) is 11.1. The lowest BCUT2D eigenvalue weighted by atomic mass is 9.78. The van der Waals surface area contributed by atoms with E-state index in [1.54, 1.807) is 26.0 Å². The number of esters is 1. The molecule has 1 amide bonds. The van der Waals surface area contributed by atoms with Crippen molar-refractivity contribution in [3.05, 3.63) is 40.5 Å². The van der Waals surface area contributed by atoms with E-state index < -0.39 is 35.5 Å². The normalized spacial score (nSPS) is 18.6. The largest absolute Gasteiger partial charge is 0.481 e. The van der Waals surface area contributed by atoms with Gasteiger partial charge in [0.25, 0.3) is 0 Å². The Morgan fingerprint density at radius 3 is 2.32 bits per heavy atom. The average Bonchev–Trinajstić information content (AvgIpc) is 3.03. The lowest BCUT2D eigenvalue weighted by Crippen LogP contribution is -2.36. The Bertz CT molecular complexity index is 983. The topological polar surface area (TPSA) is 92.7 Å². The van der Waals surface area contributed by atoms with Gasteiger partial charge in [0.05, 0.1) is 17.9 Å². The first-order chi connectivity index (χ1) is 14.7. The van der Waals surface area contributed by atoms with Crippen molar-refractivity contribution in [1.82, 2.24) is 0 Å². The summed E-state index contributed by atoms with van der Waals surface area (Å²) in [7, 11) is 0. The van der Waals surface area contributed by atoms with Gasteiger partial charge in [-0.2, -0.15) is 0 Å². The van der Waals surface area contributed by atoms with Crippen LogP contribution in [-0.2, 0) is 14.3 Å². The van der Waals surface area contributed by atoms with Crippen molar-refractivity contribution >= 4 is 34.2 Å². The van der Waals surface area contributed by atoms with Gasteiger partial charge in [0.2, 0.25) is 5.91 Å². The molecule has 1 fully saturated rings. The molecule has 3 rings (SSSR count). The highest BCUT2D eigenvalue weighted by molar-refractivity contribution is 7.17. The predicted octanol–water partition coefficient (Wildman–Crippen LogP) is 5.26. The Balaban J connectivity index is 2.00. The predicted molar refractivity (Wildman–Crippen MR) is 117 cm³/mol. The summed E-state index contributed by atoms with van der Waals surface area (Å²) in [4.78, 5) is 38.3. The van der Waals surface area contributed by atoms with Crippen LogP contribution < -0.4 is 5.32 Å². The SMILES string of the molecule is Cc1sc(NC(=O)[C@@H]2CCCC[C@H]2C(=O)O)c(C(=O)OC(C)C)c1-c1ccc(F)cc1. The Morgan fingerprint density at radius 1 is 1.13 bits per heavy atom. The van der Waals surface area contributed by atoms with Gasteiger partial charge in [-0.3, -0.25) is 9.59 Å². The number of carboxylic acid groups (broad SMARTS) is 1. The minimum Gasteiger partial charge on any atom is -0.481 e. The molecule has 1 saturated carbocycles. The molecule has 0 spiro atoms. The van der Waals surface area contributed by atoms with Crippen LogP contribution >= 0.6 is 11.3 Å². The number of hydrogen-bond donors (Lipinski definition) is 2. The number of rotatable bonds is 6. The van der Waals surface area contributed by atoms with Gasteiger partial charge in [-0.05, 0) is 51.3 Å². The van der Waals surface area contributed by atoms with Crippen molar-refractivity contribution in [2.75, 3.05) is 5.32 Å². The standard InChI is InChI=1S/C23H26FNO5S/c1-12(2)30-23(29)19-18(14-8-10-15(24)11-9-14)13(3)31-21(19)25-20(26)16-6-4-5-7-17(16)22(27)28/h8-12,16-17H,4-7H2,1-3H3,(H,25,26)(H,27,28)/t16-,17-/m1/s1. The van der Waals surface area contributed by atoms with Crippen LogP contribution in [0.2, 0.25) is 0 Å². The molecule has 2 N–H and O–H groups in total. The third-order valence-electron chi connectivity index (χ3n) is 5.42. The van der Waals surface area contributed by atoms with E-state index >= 15 is 0 Å². The van der Waals surface area contributed by atoms with E-state index in [0.29, 0.717) is 29.0 Å². The highest BCUT2D eigenvalue weighted by Gasteiger charge is 2.37. The summed E-state index contributed by atoms with van der Waals surface area (Å²) in [6.45, 7) is 5.27. The molecule has 0 radical (unpaired) electrons. The van der Waals surface area contributed by atoms with E-state index in [0.717, 1.165) is 17.7 Å². The number of benzene rings is 1. The summed E-state index contributed by atoms with van der Waals surface area (Å²) in [6, 6.07) is 5.76. The number of ether oxygens (including phenoxy) is 1. The summed E-state index contributed by atoms with van der Waals surface area (Å²) in [6.07, 6.45) is 2.14. The van der Waals surface area contributed by atoms with Crippen LogP contribution in [0.3, 0.4) is 0 Å². The fourth-order valence-corrected chi connectivity index (χ4v) is 5.08. The third kappa shape index (κ3) is 5.12. The van der Waals surface area contributed by atoms with Crippen LogP contribution in [0.15, 0.2) is 24.3 Å². The third-order valence-corrected chi connectivity index (χ3v) is 6.44. The summed E-state index contributed by atoms with van der Waals surface area (Å²) < 4.78 is 18.8. The van der Waals surface area contributed by atoms with E-state index in [1.165, 1.54) is 23.5 Å². The first kappa shape index (κ1) is 22.9. The van der Waals surface area contributed by atoms with Gasteiger partial charge in [-0.25, -0.2) is 9.18 Å². The Hall–Kier alpha value is -2.74. The van der Waals surface area contributed by atoms with Crippen LogP contribution in [0.4, 0.5) is 9.39 Å². The van der Waals surface area contributed by atoms with E-state index in [-0.39, 0.29) is 11.7 Å². The Kier molecular flexibility index (Phi) is 7.10.